The average molecular weight is 472 g/mol. The Morgan fingerprint density at radius 1 is 1.03 bits per heavy atom. The summed E-state index contributed by atoms with van der Waals surface area (Å²) < 4.78 is 27.1. The number of rotatable bonds is 8. The first-order valence-electron chi connectivity index (χ1n) is 9.54. The zero-order valence-electron chi connectivity index (χ0n) is 17.3. The lowest BCUT2D eigenvalue weighted by Gasteiger charge is -2.20. The molecule has 0 bridgehead atoms. The Bertz CT molecular complexity index is 1220. The van der Waals surface area contributed by atoms with Gasteiger partial charge < -0.3 is 5.32 Å². The van der Waals surface area contributed by atoms with E-state index in [2.05, 4.69) is 5.32 Å². The number of carbonyl (C=O) groups excluding carboxylic acids is 1. The molecular formula is C22H21N3O5S2. The van der Waals surface area contributed by atoms with Crippen molar-refractivity contribution in [3.8, 4) is 0 Å². The van der Waals surface area contributed by atoms with Crippen LogP contribution in [0.5, 0.6) is 0 Å². The van der Waals surface area contributed by atoms with Gasteiger partial charge in [-0.15, -0.1) is 11.8 Å². The third kappa shape index (κ3) is 5.45. The van der Waals surface area contributed by atoms with E-state index in [0.717, 1.165) is 0 Å². The van der Waals surface area contributed by atoms with Gasteiger partial charge in [0, 0.05) is 29.8 Å². The van der Waals surface area contributed by atoms with Crippen LogP contribution in [-0.2, 0) is 14.8 Å². The van der Waals surface area contributed by atoms with E-state index in [-0.39, 0.29) is 16.5 Å². The molecule has 3 aromatic rings. The summed E-state index contributed by atoms with van der Waals surface area (Å²) in [6.45, 7) is 1.70. The Labute approximate surface area is 190 Å². The molecule has 0 aliphatic rings. The van der Waals surface area contributed by atoms with Crippen LogP contribution in [0.2, 0.25) is 0 Å². The van der Waals surface area contributed by atoms with Crippen molar-refractivity contribution in [2.75, 3.05) is 16.7 Å². The molecule has 0 aliphatic carbocycles. The summed E-state index contributed by atoms with van der Waals surface area (Å²) in [4.78, 5) is 23.6. The number of nitro benzene ring substituents is 1. The molecule has 1 unspecified atom stereocenters. The molecule has 0 radical (unpaired) electrons. The van der Waals surface area contributed by atoms with E-state index in [0.29, 0.717) is 16.3 Å². The van der Waals surface area contributed by atoms with Crippen molar-refractivity contribution in [1.29, 1.82) is 0 Å². The van der Waals surface area contributed by atoms with Crippen molar-refractivity contribution >= 4 is 44.8 Å². The molecule has 0 aromatic heterocycles. The maximum absolute atomic E-state index is 13.0. The van der Waals surface area contributed by atoms with Crippen LogP contribution in [0.25, 0.3) is 0 Å². The van der Waals surface area contributed by atoms with E-state index in [1.807, 2.05) is 0 Å². The van der Waals surface area contributed by atoms with Crippen molar-refractivity contribution in [1.82, 2.24) is 0 Å². The number of nitrogens with one attached hydrogen (secondary N) is 1. The van der Waals surface area contributed by atoms with Crippen molar-refractivity contribution < 1.29 is 18.1 Å². The van der Waals surface area contributed by atoms with E-state index < -0.39 is 20.2 Å². The summed E-state index contributed by atoms with van der Waals surface area (Å²) in [5, 5.41) is 13.0. The van der Waals surface area contributed by atoms with Gasteiger partial charge in [-0.25, -0.2) is 8.42 Å². The molecule has 32 heavy (non-hydrogen) atoms. The smallest absolute Gasteiger partial charge is 0.269 e. The second kappa shape index (κ2) is 9.84. The topological polar surface area (TPSA) is 110 Å². The summed E-state index contributed by atoms with van der Waals surface area (Å²) in [6, 6.07) is 20.7. The van der Waals surface area contributed by atoms with Gasteiger partial charge in [0.1, 0.15) is 0 Å². The highest BCUT2D eigenvalue weighted by Crippen LogP contribution is 2.27. The van der Waals surface area contributed by atoms with Gasteiger partial charge >= 0.3 is 0 Å². The molecule has 1 N–H and O–H groups in total. The zero-order valence-corrected chi connectivity index (χ0v) is 19.0. The van der Waals surface area contributed by atoms with Crippen LogP contribution in [0.4, 0.5) is 17.1 Å². The number of hydrogen-bond acceptors (Lipinski definition) is 6. The van der Waals surface area contributed by atoms with Crippen LogP contribution in [0, 0.1) is 10.1 Å². The number of thioether (sulfide) groups is 1. The number of sulfonamides is 1. The fourth-order valence-electron chi connectivity index (χ4n) is 2.82. The quantitative estimate of drug-likeness (QED) is 0.293. The molecule has 166 valence electrons. The average Bonchev–Trinajstić information content (AvgIpc) is 2.79. The van der Waals surface area contributed by atoms with Crippen molar-refractivity contribution in [2.24, 2.45) is 0 Å². The first-order chi connectivity index (χ1) is 15.2. The number of nitro groups is 1. The molecule has 0 saturated carbocycles. The lowest BCUT2D eigenvalue weighted by molar-refractivity contribution is -0.384. The van der Waals surface area contributed by atoms with Crippen LogP contribution in [0.15, 0.2) is 88.7 Å². The van der Waals surface area contributed by atoms with Gasteiger partial charge in [0.25, 0.3) is 15.7 Å². The minimum Gasteiger partial charge on any atom is -0.325 e. The van der Waals surface area contributed by atoms with E-state index in [9.17, 15) is 23.3 Å². The highest BCUT2D eigenvalue weighted by molar-refractivity contribution is 8.00. The molecule has 0 heterocycles. The number of anilines is 2. The standard InChI is InChI=1S/C22H21N3O5S2/c1-16(31-20-13-11-19(12-14-20)25(27)28)22(26)23-17-7-6-10-21(15-17)32(29,30)24(2)18-8-4-3-5-9-18/h3-16H,1-2H3,(H,23,26). The number of benzene rings is 3. The van der Waals surface area contributed by atoms with Gasteiger partial charge in [0.05, 0.1) is 20.8 Å². The van der Waals surface area contributed by atoms with Gasteiger partial charge in [-0.1, -0.05) is 24.3 Å². The van der Waals surface area contributed by atoms with Gasteiger partial charge in [-0.2, -0.15) is 0 Å². The van der Waals surface area contributed by atoms with Crippen molar-refractivity contribution in [2.45, 2.75) is 22.0 Å². The summed E-state index contributed by atoms with van der Waals surface area (Å²) in [5.74, 6) is -0.320. The van der Waals surface area contributed by atoms with E-state index in [4.69, 9.17) is 0 Å². The molecule has 3 aromatic carbocycles. The van der Waals surface area contributed by atoms with Gasteiger partial charge in [0.15, 0.2) is 0 Å². The van der Waals surface area contributed by atoms with Crippen LogP contribution in [0.3, 0.4) is 0 Å². The van der Waals surface area contributed by atoms with Crippen molar-refractivity contribution in [3.05, 3.63) is 89.0 Å². The Morgan fingerprint density at radius 3 is 2.31 bits per heavy atom. The number of carbonyl (C=O) groups is 1. The predicted octanol–water partition coefficient (Wildman–Crippen LogP) is 4.54. The molecular weight excluding hydrogens is 450 g/mol. The Kier molecular flexibility index (Phi) is 7.16. The lowest BCUT2D eigenvalue weighted by Crippen LogP contribution is -2.27. The zero-order chi connectivity index (χ0) is 23.3. The lowest BCUT2D eigenvalue weighted by atomic mass is 10.3. The van der Waals surface area contributed by atoms with Gasteiger partial charge in [-0.3, -0.25) is 19.2 Å². The maximum atomic E-state index is 13.0. The largest absolute Gasteiger partial charge is 0.325 e. The molecule has 0 aliphatic heterocycles. The summed E-state index contributed by atoms with van der Waals surface area (Å²) in [6.07, 6.45) is 0. The highest BCUT2D eigenvalue weighted by Gasteiger charge is 2.22. The predicted molar refractivity (Wildman–Crippen MR) is 126 cm³/mol. The van der Waals surface area contributed by atoms with Gasteiger partial charge in [-0.05, 0) is 49.4 Å². The molecule has 0 spiro atoms. The summed E-state index contributed by atoms with van der Waals surface area (Å²) in [7, 11) is -2.34. The van der Waals surface area contributed by atoms with Gasteiger partial charge in [0.2, 0.25) is 5.91 Å². The molecule has 1 amide bonds. The van der Waals surface area contributed by atoms with Crippen LogP contribution in [-0.4, -0.2) is 31.5 Å². The fraction of sp³-hybridized carbons (Fsp3) is 0.136. The number of nitrogens with zero attached hydrogens (tertiary/aromatic N) is 2. The van der Waals surface area contributed by atoms with Crippen molar-refractivity contribution in [3.63, 3.8) is 0 Å². The molecule has 0 fully saturated rings. The second-order valence-corrected chi connectivity index (χ2v) is 10.2. The molecule has 10 heteroatoms. The SMILES string of the molecule is CC(Sc1ccc([N+](=O)[O-])cc1)C(=O)Nc1cccc(S(=O)(=O)N(C)c2ccccc2)c1. The van der Waals surface area contributed by atoms with Crippen LogP contribution in [0.1, 0.15) is 6.92 Å². The number of para-hydroxylation sites is 1. The minimum absolute atomic E-state index is 0.0232. The molecule has 1 atom stereocenters. The van der Waals surface area contributed by atoms with Crippen LogP contribution >= 0.6 is 11.8 Å². The Morgan fingerprint density at radius 2 is 1.69 bits per heavy atom. The monoisotopic (exact) mass is 471 g/mol. The van der Waals surface area contributed by atoms with E-state index in [1.54, 1.807) is 61.5 Å². The Balaban J connectivity index is 1.70. The summed E-state index contributed by atoms with van der Waals surface area (Å²) in [5.41, 5.74) is 0.855. The molecule has 0 saturated heterocycles. The first-order valence-corrected chi connectivity index (χ1v) is 11.9. The maximum Gasteiger partial charge on any atom is 0.269 e. The number of non-ortho nitro benzene ring substituents is 1. The highest BCUT2D eigenvalue weighted by atomic mass is 32.2. The van der Waals surface area contributed by atoms with Crippen LogP contribution < -0.4 is 9.62 Å². The summed E-state index contributed by atoms with van der Waals surface area (Å²) >= 11 is 1.24. The third-order valence-electron chi connectivity index (χ3n) is 4.61. The second-order valence-electron chi connectivity index (χ2n) is 6.84. The normalized spacial score (nSPS) is 12.1. The number of hydrogen-bond donors (Lipinski definition) is 1. The fourth-order valence-corrected chi connectivity index (χ4v) is 4.93. The first kappa shape index (κ1) is 23.3. The third-order valence-corrected chi connectivity index (χ3v) is 7.50. The van der Waals surface area contributed by atoms with E-state index in [1.165, 1.54) is 47.4 Å². The molecule has 3 rings (SSSR count). The minimum atomic E-state index is -3.81. The molecule has 8 nitrogen and oxygen atoms in total. The number of amides is 1. The van der Waals surface area contributed by atoms with E-state index >= 15 is 0 Å². The Hall–Kier alpha value is -3.37.